The summed E-state index contributed by atoms with van der Waals surface area (Å²) in [6.07, 6.45) is 3.07. The van der Waals surface area contributed by atoms with E-state index in [1.807, 2.05) is 31.2 Å². The van der Waals surface area contributed by atoms with Crippen molar-refractivity contribution in [1.82, 2.24) is 20.5 Å². The SMILES string of the molecule is Cc1nc(N)ccc1CNC(=O)[C@H](C)NC(=O)[C@H]1C[C@@H](c2ccccc2)C(C)CN1CCCCCC(=O)O. The minimum Gasteiger partial charge on any atom is -0.481 e. The van der Waals surface area contributed by atoms with Crippen molar-refractivity contribution in [2.75, 3.05) is 18.8 Å². The summed E-state index contributed by atoms with van der Waals surface area (Å²) in [5, 5.41) is 14.7. The van der Waals surface area contributed by atoms with Gasteiger partial charge >= 0.3 is 5.97 Å². The fourth-order valence-corrected chi connectivity index (χ4v) is 5.21. The van der Waals surface area contributed by atoms with Crippen LogP contribution in [0, 0.1) is 12.8 Å². The molecule has 3 rings (SSSR count). The zero-order valence-electron chi connectivity index (χ0n) is 22.7. The van der Waals surface area contributed by atoms with E-state index in [4.69, 9.17) is 10.8 Å². The lowest BCUT2D eigenvalue weighted by molar-refractivity contribution is -0.137. The molecule has 1 unspecified atom stereocenters. The number of carboxylic acids is 1. The molecule has 2 amide bonds. The van der Waals surface area contributed by atoms with Gasteiger partial charge in [-0.1, -0.05) is 49.7 Å². The Morgan fingerprint density at radius 2 is 1.87 bits per heavy atom. The molecule has 4 atom stereocenters. The Morgan fingerprint density at radius 3 is 2.55 bits per heavy atom. The third-order valence-electron chi connectivity index (χ3n) is 7.42. The molecule has 2 aromatic rings. The third kappa shape index (κ3) is 8.28. The molecule has 206 valence electrons. The minimum atomic E-state index is -0.783. The summed E-state index contributed by atoms with van der Waals surface area (Å²) in [6.45, 7) is 7.53. The van der Waals surface area contributed by atoms with Crippen molar-refractivity contribution in [3.63, 3.8) is 0 Å². The number of aliphatic carboxylic acids is 1. The van der Waals surface area contributed by atoms with Crippen LogP contribution < -0.4 is 16.4 Å². The number of hydrogen-bond acceptors (Lipinski definition) is 6. The van der Waals surface area contributed by atoms with Gasteiger partial charge in [-0.05, 0) is 68.7 Å². The molecule has 0 radical (unpaired) electrons. The second kappa shape index (κ2) is 13.9. The highest BCUT2D eigenvalue weighted by Crippen LogP contribution is 2.36. The lowest BCUT2D eigenvalue weighted by Gasteiger charge is -2.43. The number of pyridine rings is 1. The number of aryl methyl sites for hydroxylation is 1. The Kier molecular flexibility index (Phi) is 10.6. The topological polar surface area (TPSA) is 138 Å². The maximum absolute atomic E-state index is 13.5. The number of carboxylic acid groups (broad SMARTS) is 1. The normalized spacial score (nSPS) is 20.4. The average Bonchev–Trinajstić information content (AvgIpc) is 2.88. The van der Waals surface area contributed by atoms with Gasteiger partial charge in [-0.25, -0.2) is 4.98 Å². The van der Waals surface area contributed by atoms with Crippen LogP contribution in [0.5, 0.6) is 0 Å². The molecule has 9 heteroatoms. The summed E-state index contributed by atoms with van der Waals surface area (Å²) in [6, 6.07) is 12.7. The molecule has 9 nitrogen and oxygen atoms in total. The van der Waals surface area contributed by atoms with Crippen molar-refractivity contribution in [1.29, 1.82) is 0 Å². The van der Waals surface area contributed by atoms with Gasteiger partial charge in [-0.3, -0.25) is 19.3 Å². The number of nitrogens with two attached hydrogens (primary N) is 1. The van der Waals surface area contributed by atoms with E-state index in [1.165, 1.54) is 5.56 Å². The standard InChI is InChI=1S/C29H41N5O4/c1-19-18-34(15-9-5-8-12-27(35)36)25(16-24(19)22-10-6-4-7-11-22)29(38)33-21(3)28(37)31-17-23-13-14-26(30)32-20(23)2/h4,6-7,10-11,13-14,19,21,24-25H,5,8-9,12,15-18H2,1-3H3,(H2,30,32)(H,31,37)(H,33,38)(H,35,36)/t19?,21-,24+,25+/m0/s1. The van der Waals surface area contributed by atoms with Crippen molar-refractivity contribution in [3.8, 4) is 0 Å². The van der Waals surface area contributed by atoms with Crippen LogP contribution in [0.3, 0.4) is 0 Å². The number of carbonyl (C=O) groups is 3. The van der Waals surface area contributed by atoms with Crippen molar-refractivity contribution < 1.29 is 19.5 Å². The van der Waals surface area contributed by atoms with E-state index in [2.05, 4.69) is 39.6 Å². The predicted octanol–water partition coefficient (Wildman–Crippen LogP) is 3.23. The fraction of sp³-hybridized carbons (Fsp3) is 0.517. The number of carbonyl (C=O) groups excluding carboxylic acids is 2. The molecule has 1 aliphatic rings. The van der Waals surface area contributed by atoms with Crippen molar-refractivity contribution >= 4 is 23.6 Å². The number of likely N-dealkylation sites (tertiary alicyclic amines) is 1. The maximum atomic E-state index is 13.5. The number of nitrogen functional groups attached to an aromatic ring is 1. The predicted molar refractivity (Wildman–Crippen MR) is 147 cm³/mol. The number of nitrogens with zero attached hydrogens (tertiary/aromatic N) is 2. The van der Waals surface area contributed by atoms with Gasteiger partial charge in [-0.15, -0.1) is 0 Å². The average molecular weight is 524 g/mol. The molecule has 1 saturated heterocycles. The molecule has 5 N–H and O–H groups in total. The number of rotatable bonds is 12. The molecular formula is C29H41N5O4. The van der Waals surface area contributed by atoms with E-state index in [1.54, 1.807) is 13.0 Å². The van der Waals surface area contributed by atoms with Gasteiger partial charge in [0, 0.05) is 25.2 Å². The maximum Gasteiger partial charge on any atom is 0.303 e. The Balaban J connectivity index is 1.63. The molecule has 0 spiro atoms. The summed E-state index contributed by atoms with van der Waals surface area (Å²) in [7, 11) is 0. The van der Waals surface area contributed by atoms with E-state index in [0.717, 1.165) is 30.6 Å². The molecular weight excluding hydrogens is 482 g/mol. The van der Waals surface area contributed by atoms with E-state index < -0.39 is 12.0 Å². The zero-order chi connectivity index (χ0) is 27.7. The quantitative estimate of drug-likeness (QED) is 0.313. The number of aromatic nitrogens is 1. The van der Waals surface area contributed by atoms with Crippen molar-refractivity contribution in [2.24, 2.45) is 5.92 Å². The van der Waals surface area contributed by atoms with Crippen molar-refractivity contribution in [3.05, 3.63) is 59.3 Å². The van der Waals surface area contributed by atoms with Gasteiger partial charge in [0.05, 0.1) is 6.04 Å². The van der Waals surface area contributed by atoms with Crippen LogP contribution in [0.1, 0.15) is 68.7 Å². The minimum absolute atomic E-state index is 0.156. The molecule has 1 aliphatic heterocycles. The first-order valence-electron chi connectivity index (χ1n) is 13.5. The second-order valence-electron chi connectivity index (χ2n) is 10.4. The first kappa shape index (κ1) is 29.1. The summed E-state index contributed by atoms with van der Waals surface area (Å²) < 4.78 is 0. The number of hydrogen-bond donors (Lipinski definition) is 4. The number of benzene rings is 1. The Hall–Kier alpha value is -3.46. The summed E-state index contributed by atoms with van der Waals surface area (Å²) in [4.78, 5) is 43.6. The molecule has 38 heavy (non-hydrogen) atoms. The van der Waals surface area contributed by atoms with Gasteiger partial charge in [0.2, 0.25) is 11.8 Å². The molecule has 1 aromatic carbocycles. The molecule has 1 aromatic heterocycles. The highest BCUT2D eigenvalue weighted by molar-refractivity contribution is 5.89. The molecule has 2 heterocycles. The summed E-state index contributed by atoms with van der Waals surface area (Å²) >= 11 is 0. The number of amides is 2. The number of piperidine rings is 1. The lowest BCUT2D eigenvalue weighted by atomic mass is 9.78. The van der Waals surface area contributed by atoms with Crippen LogP contribution >= 0.6 is 0 Å². The Morgan fingerprint density at radius 1 is 1.13 bits per heavy atom. The van der Waals surface area contributed by atoms with Crippen LogP contribution in [0.2, 0.25) is 0 Å². The monoisotopic (exact) mass is 523 g/mol. The second-order valence-corrected chi connectivity index (χ2v) is 10.4. The molecule has 0 bridgehead atoms. The number of anilines is 1. The van der Waals surface area contributed by atoms with E-state index in [0.29, 0.717) is 37.7 Å². The van der Waals surface area contributed by atoms with Crippen LogP contribution in [-0.2, 0) is 20.9 Å². The summed E-state index contributed by atoms with van der Waals surface area (Å²) in [5.74, 6) is -0.178. The van der Waals surface area contributed by atoms with Crippen LogP contribution in [0.4, 0.5) is 5.82 Å². The largest absolute Gasteiger partial charge is 0.481 e. The van der Waals surface area contributed by atoms with E-state index >= 15 is 0 Å². The van der Waals surface area contributed by atoms with Gasteiger partial charge in [-0.2, -0.15) is 0 Å². The fourth-order valence-electron chi connectivity index (χ4n) is 5.21. The smallest absolute Gasteiger partial charge is 0.303 e. The van der Waals surface area contributed by atoms with Crippen LogP contribution in [0.15, 0.2) is 42.5 Å². The molecule has 0 saturated carbocycles. The summed E-state index contributed by atoms with van der Waals surface area (Å²) in [5.41, 5.74) is 8.55. The van der Waals surface area contributed by atoms with Gasteiger partial charge in [0.1, 0.15) is 11.9 Å². The number of nitrogens with one attached hydrogen (secondary N) is 2. The van der Waals surface area contributed by atoms with Crippen molar-refractivity contribution in [2.45, 2.75) is 77.4 Å². The Labute approximate surface area is 225 Å². The van der Waals surface area contributed by atoms with E-state index in [9.17, 15) is 14.4 Å². The first-order valence-corrected chi connectivity index (χ1v) is 13.5. The third-order valence-corrected chi connectivity index (χ3v) is 7.42. The van der Waals surface area contributed by atoms with Gasteiger partial charge in [0.15, 0.2) is 0 Å². The molecule has 1 fully saturated rings. The highest BCUT2D eigenvalue weighted by atomic mass is 16.4. The van der Waals surface area contributed by atoms with Gasteiger partial charge in [0.25, 0.3) is 0 Å². The number of unbranched alkanes of at least 4 members (excludes halogenated alkanes) is 2. The highest BCUT2D eigenvalue weighted by Gasteiger charge is 2.38. The molecule has 0 aliphatic carbocycles. The van der Waals surface area contributed by atoms with Crippen LogP contribution in [0.25, 0.3) is 0 Å². The lowest BCUT2D eigenvalue weighted by Crippen LogP contribution is -2.56. The zero-order valence-corrected chi connectivity index (χ0v) is 22.7. The Bertz CT molecular complexity index is 1090. The first-order chi connectivity index (χ1) is 18.2. The van der Waals surface area contributed by atoms with Gasteiger partial charge < -0.3 is 21.5 Å². The van der Waals surface area contributed by atoms with Crippen LogP contribution in [-0.4, -0.2) is 57.9 Å². The van der Waals surface area contributed by atoms with E-state index in [-0.39, 0.29) is 30.2 Å².